The van der Waals surface area contributed by atoms with Crippen molar-refractivity contribution >= 4 is 5.69 Å². The third-order valence-electron chi connectivity index (χ3n) is 2.43. The fourth-order valence-electron chi connectivity index (χ4n) is 1.62. The summed E-state index contributed by atoms with van der Waals surface area (Å²) < 4.78 is 26.0. The maximum absolute atomic E-state index is 13.0. The molecule has 0 unspecified atom stereocenters. The van der Waals surface area contributed by atoms with Crippen LogP contribution >= 0.6 is 0 Å². The monoisotopic (exact) mass is 199 g/mol. The van der Waals surface area contributed by atoms with Gasteiger partial charge in [0.05, 0.1) is 6.54 Å². The zero-order valence-corrected chi connectivity index (χ0v) is 7.56. The van der Waals surface area contributed by atoms with Crippen molar-refractivity contribution in [3.05, 3.63) is 23.8 Å². The number of fused-ring (bicyclic) bond motifs is 1. The van der Waals surface area contributed by atoms with Crippen LogP contribution in [0.4, 0.5) is 14.5 Å². The number of anilines is 1. The number of nitrogens with one attached hydrogen (secondary N) is 1. The molecule has 2 nitrogen and oxygen atoms in total. The van der Waals surface area contributed by atoms with E-state index in [-0.39, 0.29) is 25.1 Å². The third kappa shape index (κ3) is 1.64. The average molecular weight is 199 g/mol. The molecule has 1 aromatic rings. The highest BCUT2D eigenvalue weighted by molar-refractivity contribution is 5.58. The zero-order chi connectivity index (χ0) is 10.2. The molecule has 0 aliphatic carbocycles. The van der Waals surface area contributed by atoms with Crippen LogP contribution in [0, 0.1) is 0 Å². The molecular weight excluding hydrogens is 188 g/mol. The molecule has 76 valence electrons. The van der Waals surface area contributed by atoms with Crippen molar-refractivity contribution in [2.75, 3.05) is 11.9 Å². The minimum absolute atomic E-state index is 0.0905. The predicted molar refractivity (Wildman–Crippen MR) is 49.9 cm³/mol. The van der Waals surface area contributed by atoms with Crippen molar-refractivity contribution in [3.8, 4) is 5.75 Å². The van der Waals surface area contributed by atoms with Crippen LogP contribution in [0.2, 0.25) is 0 Å². The first-order valence-corrected chi connectivity index (χ1v) is 4.51. The van der Waals surface area contributed by atoms with E-state index in [1.54, 1.807) is 12.1 Å². The molecule has 0 saturated heterocycles. The number of halogens is 2. The zero-order valence-electron chi connectivity index (χ0n) is 7.56. The van der Waals surface area contributed by atoms with Crippen molar-refractivity contribution in [2.45, 2.75) is 18.8 Å². The van der Waals surface area contributed by atoms with E-state index >= 15 is 0 Å². The van der Waals surface area contributed by atoms with Gasteiger partial charge in [-0.15, -0.1) is 0 Å². The Kier molecular flexibility index (Phi) is 2.06. The van der Waals surface area contributed by atoms with Gasteiger partial charge in [-0.2, -0.15) is 0 Å². The second kappa shape index (κ2) is 3.12. The summed E-state index contributed by atoms with van der Waals surface area (Å²) in [6.45, 7) is -0.358. The van der Waals surface area contributed by atoms with Crippen LogP contribution in [0.5, 0.6) is 5.75 Å². The van der Waals surface area contributed by atoms with E-state index in [0.717, 1.165) is 0 Å². The number of rotatable bonds is 0. The molecule has 2 rings (SSSR count). The van der Waals surface area contributed by atoms with Gasteiger partial charge in [0.2, 0.25) is 0 Å². The number of hydrogen-bond acceptors (Lipinski definition) is 2. The van der Waals surface area contributed by atoms with E-state index in [1.165, 1.54) is 6.07 Å². The lowest BCUT2D eigenvalue weighted by molar-refractivity contribution is 0.00836. The fraction of sp³-hybridized carbons (Fsp3) is 0.400. The van der Waals surface area contributed by atoms with Gasteiger partial charge in [0.15, 0.2) is 0 Å². The van der Waals surface area contributed by atoms with Gasteiger partial charge in [-0.05, 0) is 18.6 Å². The molecule has 0 saturated carbocycles. The van der Waals surface area contributed by atoms with Crippen LogP contribution < -0.4 is 5.32 Å². The van der Waals surface area contributed by atoms with Crippen molar-refractivity contribution < 1.29 is 13.9 Å². The third-order valence-corrected chi connectivity index (χ3v) is 2.43. The summed E-state index contributed by atoms with van der Waals surface area (Å²) in [5, 5.41) is 12.1. The smallest absolute Gasteiger partial charge is 0.265 e. The first kappa shape index (κ1) is 9.24. The molecule has 2 N–H and O–H groups in total. The summed E-state index contributed by atoms with van der Waals surface area (Å²) in [6.07, 6.45) is -0.00736. The summed E-state index contributed by atoms with van der Waals surface area (Å²) in [5.74, 6) is -2.60. The van der Waals surface area contributed by atoms with Crippen molar-refractivity contribution in [1.29, 1.82) is 0 Å². The Balaban J connectivity index is 2.34. The Morgan fingerprint density at radius 3 is 2.93 bits per heavy atom. The highest BCUT2D eigenvalue weighted by Crippen LogP contribution is 2.33. The molecule has 0 bridgehead atoms. The van der Waals surface area contributed by atoms with E-state index in [9.17, 15) is 13.9 Å². The van der Waals surface area contributed by atoms with Crippen molar-refractivity contribution in [1.82, 2.24) is 0 Å². The van der Waals surface area contributed by atoms with Crippen LogP contribution in [0.15, 0.2) is 18.2 Å². The Bertz CT molecular complexity index is 352. The second-order valence-electron chi connectivity index (χ2n) is 3.51. The molecule has 0 fully saturated rings. The Morgan fingerprint density at radius 2 is 2.14 bits per heavy atom. The van der Waals surface area contributed by atoms with E-state index < -0.39 is 5.92 Å². The lowest BCUT2D eigenvalue weighted by Crippen LogP contribution is -2.25. The van der Waals surface area contributed by atoms with Gasteiger partial charge >= 0.3 is 0 Å². The quantitative estimate of drug-likeness (QED) is 0.672. The number of phenols is 1. The van der Waals surface area contributed by atoms with Crippen LogP contribution in [0.25, 0.3) is 0 Å². The normalized spacial score (nSPS) is 19.3. The first-order valence-electron chi connectivity index (χ1n) is 4.51. The number of alkyl halides is 2. The van der Waals surface area contributed by atoms with Gasteiger partial charge in [0.1, 0.15) is 5.75 Å². The number of phenolic OH excluding ortho intramolecular Hbond substituents is 1. The first-order chi connectivity index (χ1) is 6.58. The number of aromatic hydroxyl groups is 1. The van der Waals surface area contributed by atoms with Crippen LogP contribution in [-0.2, 0) is 6.42 Å². The fourth-order valence-corrected chi connectivity index (χ4v) is 1.62. The molecule has 0 spiro atoms. The maximum Gasteiger partial charge on any atom is 0.265 e. The van der Waals surface area contributed by atoms with E-state index in [2.05, 4.69) is 5.32 Å². The van der Waals surface area contributed by atoms with Gasteiger partial charge in [-0.1, -0.05) is 6.07 Å². The Hall–Kier alpha value is -1.32. The lowest BCUT2D eigenvalue weighted by atomic mass is 10.1. The maximum atomic E-state index is 13.0. The van der Waals surface area contributed by atoms with E-state index in [0.29, 0.717) is 11.3 Å². The Labute approximate surface area is 80.6 Å². The van der Waals surface area contributed by atoms with Crippen molar-refractivity contribution in [2.24, 2.45) is 0 Å². The summed E-state index contributed by atoms with van der Waals surface area (Å²) >= 11 is 0. The molecule has 0 amide bonds. The van der Waals surface area contributed by atoms with E-state index in [4.69, 9.17) is 0 Å². The standard InChI is InChI=1S/C10H11F2NO/c11-10(12)5-4-7-8(13-6-10)2-1-3-9(7)14/h1-3,13-14H,4-6H2. The molecule has 14 heavy (non-hydrogen) atoms. The summed E-state index contributed by atoms with van der Waals surface area (Å²) in [6, 6.07) is 4.87. The Morgan fingerprint density at radius 1 is 1.36 bits per heavy atom. The minimum atomic E-state index is -2.69. The average Bonchev–Trinajstić information content (AvgIpc) is 2.27. The molecule has 0 atom stereocenters. The predicted octanol–water partition coefficient (Wildman–Crippen LogP) is 2.39. The summed E-state index contributed by atoms with van der Waals surface area (Å²) in [7, 11) is 0. The molecule has 1 aliphatic heterocycles. The van der Waals surface area contributed by atoms with Crippen LogP contribution in [-0.4, -0.2) is 17.6 Å². The highest BCUT2D eigenvalue weighted by atomic mass is 19.3. The van der Waals surface area contributed by atoms with Crippen molar-refractivity contribution in [3.63, 3.8) is 0 Å². The molecule has 1 aromatic carbocycles. The van der Waals surface area contributed by atoms with Crippen LogP contribution in [0.1, 0.15) is 12.0 Å². The molecule has 0 aromatic heterocycles. The second-order valence-corrected chi connectivity index (χ2v) is 3.51. The summed E-state index contributed by atoms with van der Waals surface area (Å²) in [4.78, 5) is 0. The van der Waals surface area contributed by atoms with Crippen LogP contribution in [0.3, 0.4) is 0 Å². The molecule has 1 aliphatic rings. The SMILES string of the molecule is Oc1cccc2c1CCC(F)(F)CN2. The minimum Gasteiger partial charge on any atom is -0.508 e. The largest absolute Gasteiger partial charge is 0.508 e. The van der Waals surface area contributed by atoms with Gasteiger partial charge in [-0.3, -0.25) is 0 Å². The summed E-state index contributed by atoms with van der Waals surface area (Å²) in [5.41, 5.74) is 1.20. The van der Waals surface area contributed by atoms with Gasteiger partial charge in [0.25, 0.3) is 5.92 Å². The highest BCUT2D eigenvalue weighted by Gasteiger charge is 2.31. The molecule has 4 heteroatoms. The topological polar surface area (TPSA) is 32.3 Å². The molecule has 1 heterocycles. The van der Waals surface area contributed by atoms with Gasteiger partial charge < -0.3 is 10.4 Å². The number of hydrogen-bond donors (Lipinski definition) is 2. The molecular formula is C10H11F2NO. The van der Waals surface area contributed by atoms with E-state index in [1.807, 2.05) is 0 Å². The molecule has 0 radical (unpaired) electrons. The lowest BCUT2D eigenvalue weighted by Gasteiger charge is -2.12. The van der Waals surface area contributed by atoms with Gasteiger partial charge in [-0.25, -0.2) is 8.78 Å². The number of benzene rings is 1. The van der Waals surface area contributed by atoms with Gasteiger partial charge in [0, 0.05) is 17.7 Å².